The van der Waals surface area contributed by atoms with Crippen molar-refractivity contribution in [2.75, 3.05) is 26.2 Å². The standard InChI is InChI=1S/C12H19N3O/c1-9-7-11(9)12(16)15-5-3-14(4-6-15)10(2)8-13/h9-11H,3-7H2,1-2H3. The van der Waals surface area contributed by atoms with Crippen molar-refractivity contribution in [2.24, 2.45) is 11.8 Å². The Balaban J connectivity index is 1.81. The van der Waals surface area contributed by atoms with Crippen molar-refractivity contribution >= 4 is 5.91 Å². The molecule has 0 N–H and O–H groups in total. The Kier molecular flexibility index (Phi) is 3.15. The first-order valence-electron chi connectivity index (χ1n) is 6.06. The Morgan fingerprint density at radius 3 is 2.38 bits per heavy atom. The summed E-state index contributed by atoms with van der Waals surface area (Å²) in [6.07, 6.45) is 1.06. The van der Waals surface area contributed by atoms with E-state index in [-0.39, 0.29) is 6.04 Å². The van der Waals surface area contributed by atoms with Gasteiger partial charge in [-0.1, -0.05) is 6.92 Å². The van der Waals surface area contributed by atoms with Crippen molar-refractivity contribution in [2.45, 2.75) is 26.3 Å². The van der Waals surface area contributed by atoms with E-state index in [4.69, 9.17) is 5.26 Å². The van der Waals surface area contributed by atoms with E-state index >= 15 is 0 Å². The van der Waals surface area contributed by atoms with E-state index in [1.165, 1.54) is 0 Å². The summed E-state index contributed by atoms with van der Waals surface area (Å²) < 4.78 is 0. The Labute approximate surface area is 96.8 Å². The second-order valence-electron chi connectivity index (χ2n) is 4.99. The fraction of sp³-hybridized carbons (Fsp3) is 0.833. The van der Waals surface area contributed by atoms with E-state index in [1.807, 2.05) is 11.8 Å². The molecule has 0 aromatic rings. The third-order valence-corrected chi connectivity index (χ3v) is 3.79. The molecule has 1 heterocycles. The summed E-state index contributed by atoms with van der Waals surface area (Å²) in [7, 11) is 0. The quantitative estimate of drug-likeness (QED) is 0.689. The van der Waals surface area contributed by atoms with Crippen molar-refractivity contribution in [1.82, 2.24) is 9.80 Å². The number of rotatable bonds is 2. The minimum Gasteiger partial charge on any atom is -0.340 e. The van der Waals surface area contributed by atoms with Crippen molar-refractivity contribution < 1.29 is 4.79 Å². The molecular weight excluding hydrogens is 202 g/mol. The maximum Gasteiger partial charge on any atom is 0.226 e. The number of hydrogen-bond acceptors (Lipinski definition) is 3. The Morgan fingerprint density at radius 2 is 1.94 bits per heavy atom. The summed E-state index contributed by atoms with van der Waals surface area (Å²) in [5.41, 5.74) is 0. The average molecular weight is 221 g/mol. The molecule has 1 saturated heterocycles. The summed E-state index contributed by atoms with van der Waals surface area (Å²) >= 11 is 0. The summed E-state index contributed by atoms with van der Waals surface area (Å²) in [5, 5.41) is 8.82. The van der Waals surface area contributed by atoms with Crippen LogP contribution in [-0.2, 0) is 4.79 Å². The van der Waals surface area contributed by atoms with Crippen LogP contribution >= 0.6 is 0 Å². The van der Waals surface area contributed by atoms with Crippen molar-refractivity contribution in [3.63, 3.8) is 0 Å². The molecule has 2 fully saturated rings. The van der Waals surface area contributed by atoms with Crippen LogP contribution in [-0.4, -0.2) is 47.9 Å². The van der Waals surface area contributed by atoms with Crippen LogP contribution in [0.25, 0.3) is 0 Å². The molecule has 0 bridgehead atoms. The van der Waals surface area contributed by atoms with Gasteiger partial charge in [0, 0.05) is 32.1 Å². The van der Waals surface area contributed by atoms with E-state index in [9.17, 15) is 4.79 Å². The molecule has 2 aliphatic rings. The second kappa shape index (κ2) is 4.42. The van der Waals surface area contributed by atoms with Crippen LogP contribution in [0.15, 0.2) is 0 Å². The third-order valence-electron chi connectivity index (χ3n) is 3.79. The Morgan fingerprint density at radius 1 is 1.38 bits per heavy atom. The highest BCUT2D eigenvalue weighted by Gasteiger charge is 2.42. The van der Waals surface area contributed by atoms with Gasteiger partial charge in [0.15, 0.2) is 0 Å². The topological polar surface area (TPSA) is 47.3 Å². The first kappa shape index (κ1) is 11.4. The molecule has 0 aromatic heterocycles. The van der Waals surface area contributed by atoms with Gasteiger partial charge in [-0.25, -0.2) is 0 Å². The summed E-state index contributed by atoms with van der Waals surface area (Å²) in [5.74, 6) is 1.21. The molecule has 1 saturated carbocycles. The summed E-state index contributed by atoms with van der Waals surface area (Å²) in [4.78, 5) is 16.1. The number of nitrogens with zero attached hydrogens (tertiary/aromatic N) is 3. The maximum atomic E-state index is 12.0. The fourth-order valence-electron chi connectivity index (χ4n) is 2.31. The van der Waals surface area contributed by atoms with Gasteiger partial charge in [-0.15, -0.1) is 0 Å². The molecule has 16 heavy (non-hydrogen) atoms. The van der Waals surface area contributed by atoms with Crippen LogP contribution in [0.5, 0.6) is 0 Å². The zero-order chi connectivity index (χ0) is 11.7. The summed E-state index contributed by atoms with van der Waals surface area (Å²) in [6, 6.07) is 2.21. The van der Waals surface area contributed by atoms with E-state index in [0.29, 0.717) is 17.7 Å². The number of amides is 1. The van der Waals surface area contributed by atoms with E-state index < -0.39 is 0 Å². The molecule has 1 aliphatic heterocycles. The normalized spacial score (nSPS) is 31.9. The molecule has 4 nitrogen and oxygen atoms in total. The van der Waals surface area contributed by atoms with Gasteiger partial charge < -0.3 is 4.90 Å². The highest BCUT2D eigenvalue weighted by Crippen LogP contribution is 2.39. The van der Waals surface area contributed by atoms with Crippen molar-refractivity contribution in [3.8, 4) is 6.07 Å². The molecule has 3 atom stereocenters. The van der Waals surface area contributed by atoms with Gasteiger partial charge in [0.1, 0.15) is 0 Å². The van der Waals surface area contributed by atoms with Crippen LogP contribution in [0.4, 0.5) is 0 Å². The molecule has 4 heteroatoms. The van der Waals surface area contributed by atoms with Crippen LogP contribution in [0, 0.1) is 23.2 Å². The smallest absolute Gasteiger partial charge is 0.226 e. The van der Waals surface area contributed by atoms with Crippen LogP contribution < -0.4 is 0 Å². The number of nitriles is 1. The van der Waals surface area contributed by atoms with Crippen LogP contribution in [0.2, 0.25) is 0 Å². The molecule has 1 amide bonds. The minimum atomic E-state index is -0.0305. The van der Waals surface area contributed by atoms with Crippen molar-refractivity contribution in [3.05, 3.63) is 0 Å². The zero-order valence-corrected chi connectivity index (χ0v) is 10.0. The highest BCUT2D eigenvalue weighted by molar-refractivity contribution is 5.81. The van der Waals surface area contributed by atoms with Crippen molar-refractivity contribution in [1.29, 1.82) is 5.26 Å². The number of piperazine rings is 1. The number of hydrogen-bond donors (Lipinski definition) is 0. The van der Waals surface area contributed by atoms with Gasteiger partial charge in [-0.3, -0.25) is 9.69 Å². The monoisotopic (exact) mass is 221 g/mol. The summed E-state index contributed by atoms with van der Waals surface area (Å²) in [6.45, 7) is 7.29. The van der Waals surface area contributed by atoms with E-state index in [1.54, 1.807) is 0 Å². The highest BCUT2D eigenvalue weighted by atomic mass is 16.2. The molecule has 88 valence electrons. The molecule has 0 radical (unpaired) electrons. The predicted octanol–water partition coefficient (Wildman–Crippen LogP) is 0.699. The van der Waals surface area contributed by atoms with Crippen LogP contribution in [0.1, 0.15) is 20.3 Å². The van der Waals surface area contributed by atoms with Gasteiger partial charge in [-0.2, -0.15) is 5.26 Å². The molecule has 0 aromatic carbocycles. The van der Waals surface area contributed by atoms with Gasteiger partial charge in [0.25, 0.3) is 0 Å². The van der Waals surface area contributed by atoms with Gasteiger partial charge in [-0.05, 0) is 19.3 Å². The zero-order valence-electron chi connectivity index (χ0n) is 10.0. The SMILES string of the molecule is CC1CC1C(=O)N1CCN(C(C)C#N)CC1. The lowest BCUT2D eigenvalue weighted by Crippen LogP contribution is -2.51. The lowest BCUT2D eigenvalue weighted by Gasteiger charge is -2.36. The molecule has 3 unspecified atom stereocenters. The van der Waals surface area contributed by atoms with Gasteiger partial charge in [0.05, 0.1) is 12.1 Å². The number of carbonyl (C=O) groups is 1. The first-order chi connectivity index (χ1) is 7.63. The molecule has 1 aliphatic carbocycles. The Bertz CT molecular complexity index is 315. The van der Waals surface area contributed by atoms with Gasteiger partial charge in [0.2, 0.25) is 5.91 Å². The Hall–Kier alpha value is -1.08. The first-order valence-corrected chi connectivity index (χ1v) is 6.06. The predicted molar refractivity (Wildman–Crippen MR) is 60.5 cm³/mol. The molecule has 2 rings (SSSR count). The van der Waals surface area contributed by atoms with Crippen LogP contribution in [0.3, 0.4) is 0 Å². The lowest BCUT2D eigenvalue weighted by molar-refractivity contribution is -0.134. The minimum absolute atomic E-state index is 0.0305. The third kappa shape index (κ3) is 2.19. The van der Waals surface area contributed by atoms with E-state index in [2.05, 4.69) is 17.9 Å². The number of carbonyl (C=O) groups excluding carboxylic acids is 1. The maximum absolute atomic E-state index is 12.0. The van der Waals surface area contributed by atoms with Gasteiger partial charge >= 0.3 is 0 Å². The molecule has 0 spiro atoms. The largest absolute Gasteiger partial charge is 0.340 e. The molecular formula is C12H19N3O. The fourth-order valence-corrected chi connectivity index (χ4v) is 2.31. The lowest BCUT2D eigenvalue weighted by atomic mass is 10.2. The second-order valence-corrected chi connectivity index (χ2v) is 4.99. The van der Waals surface area contributed by atoms with E-state index in [0.717, 1.165) is 32.6 Å². The average Bonchev–Trinajstić information content (AvgIpc) is 3.04.